The summed E-state index contributed by atoms with van der Waals surface area (Å²) >= 11 is 0. The average molecular weight is 376 g/mol. The highest BCUT2D eigenvalue weighted by molar-refractivity contribution is 5.80. The van der Waals surface area contributed by atoms with Crippen LogP contribution in [0.1, 0.15) is 36.9 Å². The summed E-state index contributed by atoms with van der Waals surface area (Å²) in [6.07, 6.45) is 7.23. The Labute approximate surface area is 167 Å². The predicted molar refractivity (Wildman–Crippen MR) is 114 cm³/mol. The van der Waals surface area contributed by atoms with Crippen molar-refractivity contribution in [1.82, 2.24) is 19.7 Å². The summed E-state index contributed by atoms with van der Waals surface area (Å²) < 4.78 is 2.22. The molecule has 146 valence electrons. The average Bonchev–Trinajstić information content (AvgIpc) is 3.27. The van der Waals surface area contributed by atoms with Crippen LogP contribution in [-0.4, -0.2) is 44.8 Å². The van der Waals surface area contributed by atoms with Gasteiger partial charge in [0.25, 0.3) is 0 Å². The van der Waals surface area contributed by atoms with E-state index in [4.69, 9.17) is 0 Å². The molecular formula is C23H29N5. The summed E-state index contributed by atoms with van der Waals surface area (Å²) in [5.74, 6) is 1.03. The molecule has 1 aromatic carbocycles. The lowest BCUT2D eigenvalue weighted by Gasteiger charge is -2.45. The molecule has 3 aromatic rings. The van der Waals surface area contributed by atoms with Crippen molar-refractivity contribution >= 4 is 16.7 Å². The Morgan fingerprint density at radius 2 is 1.82 bits per heavy atom. The Kier molecular flexibility index (Phi) is 4.35. The zero-order valence-corrected chi connectivity index (χ0v) is 16.9. The van der Waals surface area contributed by atoms with Gasteiger partial charge in [0.15, 0.2) is 5.82 Å². The van der Waals surface area contributed by atoms with Crippen LogP contribution in [-0.2, 0) is 13.6 Å². The van der Waals surface area contributed by atoms with Crippen LogP contribution in [0.25, 0.3) is 10.9 Å². The maximum atomic E-state index is 4.40. The first-order valence-electron chi connectivity index (χ1n) is 10.5. The molecule has 0 unspecified atom stereocenters. The van der Waals surface area contributed by atoms with Gasteiger partial charge < -0.3 is 9.47 Å². The van der Waals surface area contributed by atoms with E-state index in [2.05, 4.69) is 74.2 Å². The number of aryl methyl sites for hydroxylation is 2. The number of piperidine rings is 1. The summed E-state index contributed by atoms with van der Waals surface area (Å²) in [5, 5.41) is 9.96. The van der Waals surface area contributed by atoms with Crippen LogP contribution in [0.3, 0.4) is 0 Å². The fourth-order valence-corrected chi connectivity index (χ4v) is 5.15. The lowest BCUT2D eigenvalue weighted by Crippen LogP contribution is -2.52. The number of benzene rings is 1. The van der Waals surface area contributed by atoms with Gasteiger partial charge in [0.05, 0.1) is 5.69 Å². The van der Waals surface area contributed by atoms with Gasteiger partial charge in [0.1, 0.15) is 0 Å². The topological polar surface area (TPSA) is 37.2 Å². The molecule has 1 spiro atoms. The summed E-state index contributed by atoms with van der Waals surface area (Å²) in [6.45, 7) is 6.42. The largest absolute Gasteiger partial charge is 0.355 e. The van der Waals surface area contributed by atoms with Crippen molar-refractivity contribution in [3.63, 3.8) is 0 Å². The lowest BCUT2D eigenvalue weighted by molar-refractivity contribution is 0.0996. The molecule has 0 N–H and O–H groups in total. The Bertz CT molecular complexity index is 966. The van der Waals surface area contributed by atoms with Gasteiger partial charge in [-0.25, -0.2) is 0 Å². The van der Waals surface area contributed by atoms with E-state index in [0.29, 0.717) is 5.54 Å². The van der Waals surface area contributed by atoms with Gasteiger partial charge in [-0.3, -0.25) is 4.90 Å². The highest BCUT2D eigenvalue weighted by atomic mass is 15.3. The zero-order valence-electron chi connectivity index (χ0n) is 16.9. The number of nitrogens with zero attached hydrogens (tertiary/aromatic N) is 5. The summed E-state index contributed by atoms with van der Waals surface area (Å²) in [5.41, 5.74) is 4.10. The molecular weight excluding hydrogens is 346 g/mol. The van der Waals surface area contributed by atoms with E-state index in [1.54, 1.807) is 0 Å². The van der Waals surface area contributed by atoms with Crippen LogP contribution in [0.4, 0.5) is 5.82 Å². The number of rotatable bonds is 3. The number of likely N-dealkylation sites (tertiary alicyclic amines) is 1. The molecule has 0 atom stereocenters. The van der Waals surface area contributed by atoms with Crippen LogP contribution in [0.15, 0.2) is 42.6 Å². The number of fused-ring (bicyclic) bond motifs is 1. The molecule has 0 saturated carbocycles. The van der Waals surface area contributed by atoms with E-state index in [-0.39, 0.29) is 0 Å². The number of aromatic nitrogens is 3. The third-order valence-electron chi connectivity index (χ3n) is 6.87. The van der Waals surface area contributed by atoms with Gasteiger partial charge in [0, 0.05) is 43.9 Å². The summed E-state index contributed by atoms with van der Waals surface area (Å²) in [6, 6.07) is 13.3. The van der Waals surface area contributed by atoms with Gasteiger partial charge in [-0.05, 0) is 74.4 Å². The SMILES string of the molecule is Cc1ccc(N2CCC3(CCCN3Cc3ccc4ccn(C)c4c3)CC2)nn1. The third-order valence-corrected chi connectivity index (χ3v) is 6.87. The monoisotopic (exact) mass is 375 g/mol. The minimum Gasteiger partial charge on any atom is -0.355 e. The lowest BCUT2D eigenvalue weighted by atomic mass is 9.84. The van der Waals surface area contributed by atoms with Crippen LogP contribution < -0.4 is 4.90 Å². The molecule has 2 fully saturated rings. The van der Waals surface area contributed by atoms with E-state index >= 15 is 0 Å². The molecule has 5 rings (SSSR count). The van der Waals surface area contributed by atoms with Crippen molar-refractivity contribution < 1.29 is 0 Å². The summed E-state index contributed by atoms with van der Waals surface area (Å²) in [4.78, 5) is 5.17. The molecule has 0 amide bonds. The molecule has 0 aliphatic carbocycles. The molecule has 28 heavy (non-hydrogen) atoms. The first kappa shape index (κ1) is 17.7. The minimum absolute atomic E-state index is 0.359. The van der Waals surface area contributed by atoms with Crippen molar-refractivity contribution in [2.75, 3.05) is 24.5 Å². The van der Waals surface area contributed by atoms with Crippen molar-refractivity contribution in [1.29, 1.82) is 0 Å². The van der Waals surface area contributed by atoms with Crippen LogP contribution in [0.2, 0.25) is 0 Å². The molecule has 2 saturated heterocycles. The quantitative estimate of drug-likeness (QED) is 0.695. The number of hydrogen-bond acceptors (Lipinski definition) is 4. The molecule has 2 aliphatic rings. The van der Waals surface area contributed by atoms with Crippen molar-refractivity contribution in [3.8, 4) is 0 Å². The molecule has 0 bridgehead atoms. The van der Waals surface area contributed by atoms with Gasteiger partial charge in [-0.2, -0.15) is 5.10 Å². The second-order valence-corrected chi connectivity index (χ2v) is 8.59. The zero-order chi connectivity index (χ0) is 19.1. The normalized spacial score (nSPS) is 19.7. The number of hydrogen-bond donors (Lipinski definition) is 0. The molecule has 5 heteroatoms. The highest BCUT2D eigenvalue weighted by Crippen LogP contribution is 2.40. The molecule has 0 radical (unpaired) electrons. The van der Waals surface area contributed by atoms with E-state index in [9.17, 15) is 0 Å². The fraction of sp³-hybridized carbons (Fsp3) is 0.478. The van der Waals surface area contributed by atoms with E-state index in [1.807, 2.05) is 6.92 Å². The molecule has 2 aromatic heterocycles. The maximum absolute atomic E-state index is 4.40. The second-order valence-electron chi connectivity index (χ2n) is 8.59. The Hall–Kier alpha value is -2.40. The van der Waals surface area contributed by atoms with Gasteiger partial charge in [-0.15, -0.1) is 5.10 Å². The van der Waals surface area contributed by atoms with Crippen LogP contribution >= 0.6 is 0 Å². The molecule has 2 aliphatic heterocycles. The summed E-state index contributed by atoms with van der Waals surface area (Å²) in [7, 11) is 2.13. The standard InChI is InChI=1S/C23H29N5/c1-18-4-7-22(25-24-18)27-14-10-23(11-15-27)9-3-12-28(23)17-19-5-6-20-8-13-26(2)21(20)16-19/h4-8,13,16H,3,9-12,14-15,17H2,1-2H3. The van der Waals surface area contributed by atoms with Gasteiger partial charge >= 0.3 is 0 Å². The van der Waals surface area contributed by atoms with Crippen molar-refractivity contribution in [2.45, 2.75) is 44.7 Å². The Morgan fingerprint density at radius 3 is 2.61 bits per heavy atom. The van der Waals surface area contributed by atoms with Crippen molar-refractivity contribution in [3.05, 3.63) is 53.9 Å². The maximum Gasteiger partial charge on any atom is 0.151 e. The second kappa shape index (κ2) is 6.89. The van der Waals surface area contributed by atoms with Crippen LogP contribution in [0, 0.1) is 6.92 Å². The van der Waals surface area contributed by atoms with E-state index in [0.717, 1.165) is 31.1 Å². The fourth-order valence-electron chi connectivity index (χ4n) is 5.15. The van der Waals surface area contributed by atoms with E-state index in [1.165, 1.54) is 48.7 Å². The van der Waals surface area contributed by atoms with Gasteiger partial charge in [-0.1, -0.05) is 12.1 Å². The molecule has 5 nitrogen and oxygen atoms in total. The van der Waals surface area contributed by atoms with Crippen molar-refractivity contribution in [2.24, 2.45) is 7.05 Å². The first-order valence-corrected chi connectivity index (χ1v) is 10.5. The minimum atomic E-state index is 0.359. The van der Waals surface area contributed by atoms with Gasteiger partial charge in [0.2, 0.25) is 0 Å². The van der Waals surface area contributed by atoms with Crippen LogP contribution in [0.5, 0.6) is 0 Å². The molecule has 4 heterocycles. The highest BCUT2D eigenvalue weighted by Gasteiger charge is 2.43. The third kappa shape index (κ3) is 3.08. The number of anilines is 1. The Balaban J connectivity index is 1.31. The van der Waals surface area contributed by atoms with E-state index < -0.39 is 0 Å². The predicted octanol–water partition coefficient (Wildman–Crippen LogP) is 3.91. The smallest absolute Gasteiger partial charge is 0.151 e. The Morgan fingerprint density at radius 1 is 0.964 bits per heavy atom. The first-order chi connectivity index (χ1) is 13.6.